The molecular formula is C13H13N3O2. The third-order valence-electron chi connectivity index (χ3n) is 2.35. The number of amides is 1. The van der Waals surface area contributed by atoms with Gasteiger partial charge in [0.1, 0.15) is 11.5 Å². The van der Waals surface area contributed by atoms with Gasteiger partial charge in [0.15, 0.2) is 0 Å². The van der Waals surface area contributed by atoms with Gasteiger partial charge in [0, 0.05) is 11.3 Å². The van der Waals surface area contributed by atoms with Crippen molar-refractivity contribution in [3.8, 4) is 0 Å². The summed E-state index contributed by atoms with van der Waals surface area (Å²) in [6.45, 7) is 1.75. The van der Waals surface area contributed by atoms with Crippen molar-refractivity contribution in [1.82, 2.24) is 5.43 Å². The number of nitrogens with one attached hydrogen (secondary N) is 1. The molecule has 18 heavy (non-hydrogen) atoms. The molecule has 5 heteroatoms. The average Bonchev–Trinajstić information content (AvgIpc) is 2.89. The summed E-state index contributed by atoms with van der Waals surface area (Å²) in [5.41, 5.74) is 9.64. The van der Waals surface area contributed by atoms with Crippen LogP contribution in [0.3, 0.4) is 0 Å². The first-order valence-corrected chi connectivity index (χ1v) is 5.41. The molecule has 0 saturated heterocycles. The third-order valence-corrected chi connectivity index (χ3v) is 2.35. The second kappa shape index (κ2) is 5.18. The van der Waals surface area contributed by atoms with Gasteiger partial charge < -0.3 is 10.2 Å². The minimum atomic E-state index is -0.312. The molecule has 1 heterocycles. The maximum absolute atomic E-state index is 11.8. The fraction of sp³-hybridized carbons (Fsp3) is 0.0769. The van der Waals surface area contributed by atoms with Crippen molar-refractivity contribution in [2.24, 2.45) is 5.10 Å². The van der Waals surface area contributed by atoms with E-state index < -0.39 is 0 Å². The van der Waals surface area contributed by atoms with Crippen molar-refractivity contribution in [2.75, 3.05) is 5.73 Å². The van der Waals surface area contributed by atoms with E-state index in [1.807, 2.05) is 0 Å². The topological polar surface area (TPSA) is 80.6 Å². The van der Waals surface area contributed by atoms with E-state index in [4.69, 9.17) is 10.2 Å². The molecule has 3 N–H and O–H groups in total. The molecule has 2 rings (SSSR count). The molecular weight excluding hydrogens is 230 g/mol. The summed E-state index contributed by atoms with van der Waals surface area (Å²) in [7, 11) is 0. The Labute approximate surface area is 104 Å². The van der Waals surface area contributed by atoms with Crippen LogP contribution in [0, 0.1) is 0 Å². The van der Waals surface area contributed by atoms with E-state index in [2.05, 4.69) is 10.5 Å². The van der Waals surface area contributed by atoms with Crippen LogP contribution in [0.1, 0.15) is 23.0 Å². The number of nitrogens with two attached hydrogens (primary N) is 1. The lowest BCUT2D eigenvalue weighted by atomic mass is 10.2. The Morgan fingerprint density at radius 2 is 2.17 bits per heavy atom. The van der Waals surface area contributed by atoms with Gasteiger partial charge in [0.25, 0.3) is 5.91 Å². The van der Waals surface area contributed by atoms with Crippen molar-refractivity contribution >= 4 is 17.3 Å². The predicted molar refractivity (Wildman–Crippen MR) is 69.2 cm³/mol. The van der Waals surface area contributed by atoms with Crippen LogP contribution in [-0.2, 0) is 0 Å². The highest BCUT2D eigenvalue weighted by Crippen LogP contribution is 2.06. The molecule has 0 saturated carbocycles. The number of furan rings is 1. The van der Waals surface area contributed by atoms with Crippen LogP contribution in [-0.4, -0.2) is 11.6 Å². The molecule has 0 fully saturated rings. The molecule has 5 nitrogen and oxygen atoms in total. The second-order valence-corrected chi connectivity index (χ2v) is 3.74. The molecule has 0 aliphatic rings. The van der Waals surface area contributed by atoms with Gasteiger partial charge in [-0.25, -0.2) is 5.43 Å². The Morgan fingerprint density at radius 3 is 2.83 bits per heavy atom. The Kier molecular flexibility index (Phi) is 3.43. The van der Waals surface area contributed by atoms with Gasteiger partial charge in [0.05, 0.1) is 6.26 Å². The SMILES string of the molecule is C/C(=N\NC(=O)c1cccc(N)c1)c1ccco1. The standard InChI is InChI=1S/C13H13N3O2/c1-9(12-6-3-7-18-12)15-16-13(17)10-4-2-5-11(14)8-10/h2-8H,14H2,1H3,(H,16,17)/b15-9+. The predicted octanol–water partition coefficient (Wildman–Crippen LogP) is 2.02. The normalized spacial score (nSPS) is 11.3. The monoisotopic (exact) mass is 243 g/mol. The molecule has 1 aromatic carbocycles. The third kappa shape index (κ3) is 2.76. The number of nitrogens with zero attached hydrogens (tertiary/aromatic N) is 1. The van der Waals surface area contributed by atoms with E-state index in [9.17, 15) is 4.79 Å². The van der Waals surface area contributed by atoms with Gasteiger partial charge in [-0.05, 0) is 37.3 Å². The van der Waals surface area contributed by atoms with Crippen LogP contribution < -0.4 is 11.2 Å². The molecule has 2 aromatic rings. The summed E-state index contributed by atoms with van der Waals surface area (Å²) in [4.78, 5) is 11.8. The van der Waals surface area contributed by atoms with E-state index in [0.717, 1.165) is 0 Å². The van der Waals surface area contributed by atoms with Crippen LogP contribution in [0.15, 0.2) is 52.2 Å². The van der Waals surface area contributed by atoms with Gasteiger partial charge in [0.2, 0.25) is 0 Å². The zero-order valence-corrected chi connectivity index (χ0v) is 9.88. The number of carbonyl (C=O) groups is 1. The zero-order valence-electron chi connectivity index (χ0n) is 9.88. The van der Waals surface area contributed by atoms with Gasteiger partial charge in [-0.3, -0.25) is 4.79 Å². The number of benzene rings is 1. The lowest BCUT2D eigenvalue weighted by Gasteiger charge is -2.02. The molecule has 0 spiro atoms. The second-order valence-electron chi connectivity index (χ2n) is 3.74. The molecule has 0 atom stereocenters. The highest BCUT2D eigenvalue weighted by molar-refractivity contribution is 5.99. The van der Waals surface area contributed by atoms with Crippen LogP contribution in [0.2, 0.25) is 0 Å². The molecule has 0 radical (unpaired) electrons. The number of hydrogen-bond acceptors (Lipinski definition) is 4. The summed E-state index contributed by atoms with van der Waals surface area (Å²) in [5.74, 6) is 0.302. The number of carbonyl (C=O) groups excluding carboxylic acids is 1. The number of nitrogen functional groups attached to an aromatic ring is 1. The lowest BCUT2D eigenvalue weighted by molar-refractivity contribution is 0.0955. The number of hydrazone groups is 1. The highest BCUT2D eigenvalue weighted by atomic mass is 16.3. The number of hydrogen-bond donors (Lipinski definition) is 2. The summed E-state index contributed by atoms with van der Waals surface area (Å²) >= 11 is 0. The van der Waals surface area contributed by atoms with Gasteiger partial charge in [-0.15, -0.1) is 0 Å². The largest absolute Gasteiger partial charge is 0.463 e. The van der Waals surface area contributed by atoms with Crippen molar-refractivity contribution in [3.63, 3.8) is 0 Å². The Hall–Kier alpha value is -2.56. The molecule has 0 bridgehead atoms. The lowest BCUT2D eigenvalue weighted by Crippen LogP contribution is -2.19. The summed E-state index contributed by atoms with van der Waals surface area (Å²) in [6.07, 6.45) is 1.55. The minimum Gasteiger partial charge on any atom is -0.463 e. The van der Waals surface area contributed by atoms with E-state index in [1.54, 1.807) is 49.6 Å². The van der Waals surface area contributed by atoms with E-state index in [0.29, 0.717) is 22.7 Å². The molecule has 0 aliphatic carbocycles. The maximum atomic E-state index is 11.8. The van der Waals surface area contributed by atoms with Crippen LogP contribution >= 0.6 is 0 Å². The van der Waals surface area contributed by atoms with E-state index >= 15 is 0 Å². The molecule has 92 valence electrons. The smallest absolute Gasteiger partial charge is 0.271 e. The van der Waals surface area contributed by atoms with Gasteiger partial charge in [-0.2, -0.15) is 5.10 Å². The van der Waals surface area contributed by atoms with Crippen molar-refractivity contribution < 1.29 is 9.21 Å². The average molecular weight is 243 g/mol. The Morgan fingerprint density at radius 1 is 1.33 bits per heavy atom. The molecule has 0 unspecified atom stereocenters. The summed E-state index contributed by atoms with van der Waals surface area (Å²) in [5, 5.41) is 3.96. The van der Waals surface area contributed by atoms with E-state index in [-0.39, 0.29) is 5.91 Å². The van der Waals surface area contributed by atoms with Crippen LogP contribution in [0.4, 0.5) is 5.69 Å². The van der Waals surface area contributed by atoms with Crippen LogP contribution in [0.25, 0.3) is 0 Å². The number of anilines is 1. The first kappa shape index (κ1) is 11.9. The van der Waals surface area contributed by atoms with Gasteiger partial charge >= 0.3 is 0 Å². The molecule has 0 aliphatic heterocycles. The first-order valence-electron chi connectivity index (χ1n) is 5.41. The fourth-order valence-electron chi connectivity index (χ4n) is 1.42. The highest BCUT2D eigenvalue weighted by Gasteiger charge is 2.05. The van der Waals surface area contributed by atoms with E-state index in [1.165, 1.54) is 0 Å². The van der Waals surface area contributed by atoms with Crippen LogP contribution in [0.5, 0.6) is 0 Å². The number of rotatable bonds is 3. The van der Waals surface area contributed by atoms with Gasteiger partial charge in [-0.1, -0.05) is 6.07 Å². The Bertz CT molecular complexity index is 574. The van der Waals surface area contributed by atoms with Crippen molar-refractivity contribution in [3.05, 3.63) is 54.0 Å². The molecule has 1 amide bonds. The zero-order chi connectivity index (χ0) is 13.0. The quantitative estimate of drug-likeness (QED) is 0.491. The maximum Gasteiger partial charge on any atom is 0.271 e. The summed E-state index contributed by atoms with van der Waals surface area (Å²) in [6, 6.07) is 10.2. The summed E-state index contributed by atoms with van der Waals surface area (Å²) < 4.78 is 5.15. The van der Waals surface area contributed by atoms with Crippen molar-refractivity contribution in [1.29, 1.82) is 0 Å². The fourth-order valence-corrected chi connectivity index (χ4v) is 1.42. The first-order chi connectivity index (χ1) is 8.66. The minimum absolute atomic E-state index is 0.312. The Balaban J connectivity index is 2.07. The molecule has 1 aromatic heterocycles. The van der Waals surface area contributed by atoms with Crippen molar-refractivity contribution in [2.45, 2.75) is 6.92 Å².